The lowest BCUT2D eigenvalue weighted by atomic mass is 10.2. The highest BCUT2D eigenvalue weighted by molar-refractivity contribution is 6.42. The Balaban J connectivity index is 1.91. The van der Waals surface area contributed by atoms with E-state index in [-0.39, 0.29) is 11.3 Å². The van der Waals surface area contributed by atoms with Gasteiger partial charge in [0, 0.05) is 5.69 Å². The number of amides is 1. The zero-order chi connectivity index (χ0) is 16.1. The Bertz CT molecular complexity index is 718. The molecule has 2 aromatic carbocycles. The van der Waals surface area contributed by atoms with E-state index in [1.54, 1.807) is 18.2 Å². The van der Waals surface area contributed by atoms with Gasteiger partial charge < -0.3 is 15.2 Å². The van der Waals surface area contributed by atoms with E-state index >= 15 is 0 Å². The van der Waals surface area contributed by atoms with Crippen LogP contribution in [0.2, 0.25) is 10.0 Å². The van der Waals surface area contributed by atoms with Crippen LogP contribution in [0.4, 0.5) is 5.69 Å². The topological polar surface area (TPSA) is 75.6 Å². The van der Waals surface area contributed by atoms with Crippen molar-refractivity contribution in [1.29, 1.82) is 0 Å². The van der Waals surface area contributed by atoms with Crippen molar-refractivity contribution in [3.8, 4) is 5.75 Å². The Hall–Kier alpha value is -2.24. The van der Waals surface area contributed by atoms with Crippen LogP contribution >= 0.6 is 23.2 Å². The van der Waals surface area contributed by atoms with Gasteiger partial charge in [-0.05, 0) is 30.3 Å². The minimum atomic E-state index is -0.789. The van der Waals surface area contributed by atoms with E-state index in [2.05, 4.69) is 5.32 Å². The fraction of sp³-hybridized carbons (Fsp3) is 0.0667. The second-order valence-corrected chi connectivity index (χ2v) is 5.08. The van der Waals surface area contributed by atoms with Crippen LogP contribution in [0.5, 0.6) is 5.75 Å². The highest BCUT2D eigenvalue weighted by atomic mass is 35.5. The molecule has 0 radical (unpaired) electrons. The third-order valence-corrected chi connectivity index (χ3v) is 3.40. The summed E-state index contributed by atoms with van der Waals surface area (Å²) in [4.78, 5) is 23.4. The van der Waals surface area contributed by atoms with Gasteiger partial charge >= 0.3 is 5.97 Å². The van der Waals surface area contributed by atoms with Crippen LogP contribution in [0, 0.1) is 0 Å². The molecule has 114 valence electrons. The lowest BCUT2D eigenvalue weighted by Gasteiger charge is -2.08. The molecule has 2 N–H and O–H groups in total. The molecule has 2 aromatic rings. The minimum absolute atomic E-state index is 0.00941. The lowest BCUT2D eigenvalue weighted by Crippen LogP contribution is -2.20. The fourth-order valence-electron chi connectivity index (χ4n) is 1.63. The highest BCUT2D eigenvalue weighted by Crippen LogP contribution is 2.25. The number of ether oxygens (including phenoxy) is 1. The third kappa shape index (κ3) is 4.13. The van der Waals surface area contributed by atoms with Crippen LogP contribution in [-0.4, -0.2) is 23.6 Å². The summed E-state index contributed by atoms with van der Waals surface area (Å²) < 4.78 is 4.83. The normalized spacial score (nSPS) is 10.1. The van der Waals surface area contributed by atoms with Crippen molar-refractivity contribution < 1.29 is 19.4 Å². The van der Waals surface area contributed by atoms with E-state index < -0.39 is 18.5 Å². The molecule has 1 amide bonds. The zero-order valence-electron chi connectivity index (χ0n) is 11.2. The molecule has 0 saturated carbocycles. The molecular weight excluding hydrogens is 329 g/mol. The molecule has 0 aromatic heterocycles. The van der Waals surface area contributed by atoms with E-state index in [1.165, 1.54) is 24.3 Å². The van der Waals surface area contributed by atoms with Crippen LogP contribution in [0.15, 0.2) is 42.5 Å². The smallest absolute Gasteiger partial charge is 0.342 e. The van der Waals surface area contributed by atoms with Crippen LogP contribution in [0.3, 0.4) is 0 Å². The van der Waals surface area contributed by atoms with Gasteiger partial charge in [0.1, 0.15) is 11.3 Å². The molecule has 0 spiro atoms. The third-order valence-electron chi connectivity index (χ3n) is 2.66. The summed E-state index contributed by atoms with van der Waals surface area (Å²) in [5.41, 5.74) is 0.419. The molecule has 0 bridgehead atoms. The van der Waals surface area contributed by atoms with Crippen molar-refractivity contribution in [2.45, 2.75) is 0 Å². The number of aromatic hydroxyl groups is 1. The van der Waals surface area contributed by atoms with Gasteiger partial charge in [-0.3, -0.25) is 4.79 Å². The van der Waals surface area contributed by atoms with Gasteiger partial charge in [-0.25, -0.2) is 4.79 Å². The molecule has 0 aliphatic rings. The molecule has 5 nitrogen and oxygen atoms in total. The van der Waals surface area contributed by atoms with Crippen LogP contribution in [0.25, 0.3) is 0 Å². The number of benzene rings is 2. The maximum absolute atomic E-state index is 11.7. The maximum Gasteiger partial charge on any atom is 0.342 e. The van der Waals surface area contributed by atoms with Crippen molar-refractivity contribution >= 4 is 40.8 Å². The number of phenolic OH excluding ortho intramolecular Hbond substituents is 1. The van der Waals surface area contributed by atoms with Gasteiger partial charge in [0.25, 0.3) is 5.91 Å². The number of anilines is 1. The van der Waals surface area contributed by atoms with Crippen molar-refractivity contribution in [1.82, 2.24) is 0 Å². The predicted octanol–water partition coefficient (Wildman–Crippen LogP) is 3.49. The van der Waals surface area contributed by atoms with Crippen LogP contribution in [-0.2, 0) is 9.53 Å². The molecular formula is C15H11Cl2NO4. The first-order valence-corrected chi connectivity index (χ1v) is 6.93. The van der Waals surface area contributed by atoms with Crippen LogP contribution in [0.1, 0.15) is 10.4 Å². The summed E-state index contributed by atoms with van der Waals surface area (Å²) in [5.74, 6) is -1.54. The number of hydrogen-bond donors (Lipinski definition) is 2. The lowest BCUT2D eigenvalue weighted by molar-refractivity contribution is -0.119. The van der Waals surface area contributed by atoms with Crippen molar-refractivity contribution in [2.75, 3.05) is 11.9 Å². The molecule has 0 saturated heterocycles. The average molecular weight is 340 g/mol. The number of para-hydroxylation sites is 1. The Kier molecular flexibility index (Phi) is 5.25. The number of nitrogens with one attached hydrogen (secondary N) is 1. The van der Waals surface area contributed by atoms with Gasteiger partial charge in [0.2, 0.25) is 0 Å². The highest BCUT2D eigenvalue weighted by Gasteiger charge is 2.14. The second-order valence-electron chi connectivity index (χ2n) is 4.27. The van der Waals surface area contributed by atoms with Crippen molar-refractivity contribution in [2.24, 2.45) is 0 Å². The number of halogens is 2. The van der Waals surface area contributed by atoms with Crippen molar-refractivity contribution in [3.05, 3.63) is 58.1 Å². The quantitative estimate of drug-likeness (QED) is 0.836. The van der Waals surface area contributed by atoms with Gasteiger partial charge in [0.15, 0.2) is 6.61 Å². The molecule has 0 fully saturated rings. The largest absolute Gasteiger partial charge is 0.507 e. The Labute approximate surface area is 136 Å². The summed E-state index contributed by atoms with van der Waals surface area (Å²) in [6, 6.07) is 10.5. The summed E-state index contributed by atoms with van der Waals surface area (Å²) in [7, 11) is 0. The second kappa shape index (κ2) is 7.15. The molecule has 0 aliphatic carbocycles. The minimum Gasteiger partial charge on any atom is -0.507 e. The van der Waals surface area contributed by atoms with Gasteiger partial charge in [-0.1, -0.05) is 35.3 Å². The van der Waals surface area contributed by atoms with E-state index in [4.69, 9.17) is 27.9 Å². The number of carbonyl (C=O) groups is 2. The Morgan fingerprint density at radius 3 is 2.50 bits per heavy atom. The number of esters is 1. The first-order valence-electron chi connectivity index (χ1n) is 6.17. The monoisotopic (exact) mass is 339 g/mol. The summed E-state index contributed by atoms with van der Waals surface area (Å²) in [6.45, 7) is -0.493. The van der Waals surface area contributed by atoms with Crippen molar-refractivity contribution in [3.63, 3.8) is 0 Å². The summed E-state index contributed by atoms with van der Waals surface area (Å²) in [5, 5.41) is 12.7. The van der Waals surface area contributed by atoms with Gasteiger partial charge in [-0.2, -0.15) is 0 Å². The molecule has 7 heteroatoms. The Morgan fingerprint density at radius 1 is 1.09 bits per heavy atom. The SMILES string of the molecule is O=C(COC(=O)c1ccccc1O)Nc1ccc(Cl)c(Cl)c1. The van der Waals surface area contributed by atoms with E-state index in [9.17, 15) is 14.7 Å². The summed E-state index contributed by atoms with van der Waals surface area (Å²) >= 11 is 11.6. The first-order chi connectivity index (χ1) is 10.5. The Morgan fingerprint density at radius 2 is 1.82 bits per heavy atom. The molecule has 0 unspecified atom stereocenters. The molecule has 0 atom stereocenters. The zero-order valence-corrected chi connectivity index (χ0v) is 12.7. The molecule has 0 aliphatic heterocycles. The molecule has 22 heavy (non-hydrogen) atoms. The first kappa shape index (κ1) is 16.1. The number of rotatable bonds is 4. The van der Waals surface area contributed by atoms with E-state index in [1.807, 2.05) is 0 Å². The van der Waals surface area contributed by atoms with Gasteiger partial charge in [0.05, 0.1) is 10.0 Å². The average Bonchev–Trinajstić information content (AvgIpc) is 2.49. The molecule has 0 heterocycles. The number of hydrogen-bond acceptors (Lipinski definition) is 4. The number of phenols is 1. The summed E-state index contributed by atoms with van der Waals surface area (Å²) in [6.07, 6.45) is 0. The maximum atomic E-state index is 11.7. The van der Waals surface area contributed by atoms with E-state index in [0.717, 1.165) is 0 Å². The molecule has 2 rings (SSSR count). The van der Waals surface area contributed by atoms with Gasteiger partial charge in [-0.15, -0.1) is 0 Å². The van der Waals surface area contributed by atoms with Crippen LogP contribution < -0.4 is 5.32 Å². The van der Waals surface area contributed by atoms with E-state index in [0.29, 0.717) is 15.7 Å². The standard InChI is InChI=1S/C15H11Cl2NO4/c16-11-6-5-9(7-12(11)17)18-14(20)8-22-15(21)10-3-1-2-4-13(10)19/h1-7,19H,8H2,(H,18,20). The number of carbonyl (C=O) groups excluding carboxylic acids is 2. The predicted molar refractivity (Wildman–Crippen MR) is 83.5 cm³/mol. The fourth-order valence-corrected chi connectivity index (χ4v) is 1.92.